The first-order valence-corrected chi connectivity index (χ1v) is 14.8. The third kappa shape index (κ3) is 5.05. The van der Waals surface area contributed by atoms with Crippen molar-refractivity contribution in [3.63, 3.8) is 0 Å². The van der Waals surface area contributed by atoms with Crippen LogP contribution in [0, 0.1) is 0 Å². The van der Waals surface area contributed by atoms with Crippen LogP contribution in [-0.2, 0) is 9.59 Å². The summed E-state index contributed by atoms with van der Waals surface area (Å²) in [5.41, 5.74) is 2.91. The lowest BCUT2D eigenvalue weighted by molar-refractivity contribution is -0.136. The molecule has 1 unspecified atom stereocenters. The van der Waals surface area contributed by atoms with E-state index in [0.29, 0.717) is 35.6 Å². The summed E-state index contributed by atoms with van der Waals surface area (Å²) in [5, 5.41) is 7.14. The van der Waals surface area contributed by atoms with Gasteiger partial charge in [0, 0.05) is 54.8 Å². The van der Waals surface area contributed by atoms with E-state index in [0.717, 1.165) is 40.9 Å². The first-order valence-electron chi connectivity index (χ1n) is 14.4. The van der Waals surface area contributed by atoms with Gasteiger partial charge in [0.15, 0.2) is 0 Å². The van der Waals surface area contributed by atoms with Gasteiger partial charge in [-0.05, 0) is 31.0 Å². The van der Waals surface area contributed by atoms with E-state index in [1.807, 2.05) is 30.5 Å². The molecule has 12 nitrogen and oxygen atoms in total. The highest BCUT2D eigenvalue weighted by Crippen LogP contribution is 2.34. The predicted molar refractivity (Wildman–Crippen MR) is 161 cm³/mol. The molecule has 7 rings (SSSR count). The summed E-state index contributed by atoms with van der Waals surface area (Å²) < 4.78 is 6.01. The van der Waals surface area contributed by atoms with Gasteiger partial charge in [-0.3, -0.25) is 34.3 Å². The third-order valence-electron chi connectivity index (χ3n) is 8.29. The van der Waals surface area contributed by atoms with Crippen molar-refractivity contribution >= 4 is 52.1 Å². The van der Waals surface area contributed by atoms with Gasteiger partial charge in [-0.25, -0.2) is 9.97 Å². The molecule has 2 fully saturated rings. The number of anilines is 1. The number of aromatic nitrogens is 3. The number of carbonyl (C=O) groups excluding carboxylic acids is 4. The molecule has 0 saturated carbocycles. The molecular weight excluding hydrogens is 586 g/mol. The Bertz CT molecular complexity index is 1820. The fourth-order valence-electron chi connectivity index (χ4n) is 6.12. The number of carbonyl (C=O) groups is 4. The van der Waals surface area contributed by atoms with Gasteiger partial charge in [0.05, 0.1) is 28.0 Å². The number of likely N-dealkylation sites (tertiary alicyclic amines) is 1. The van der Waals surface area contributed by atoms with Crippen LogP contribution in [0.3, 0.4) is 0 Å². The average Bonchev–Trinajstić information content (AvgIpc) is 3.71. The second-order valence-corrected chi connectivity index (χ2v) is 11.5. The maximum absolute atomic E-state index is 13.3. The molecule has 2 saturated heterocycles. The van der Waals surface area contributed by atoms with E-state index in [4.69, 9.17) is 21.3 Å². The monoisotopic (exact) mass is 613 g/mol. The van der Waals surface area contributed by atoms with Crippen molar-refractivity contribution in [2.45, 2.75) is 31.3 Å². The van der Waals surface area contributed by atoms with Crippen molar-refractivity contribution in [3.8, 4) is 17.0 Å². The van der Waals surface area contributed by atoms with E-state index in [1.54, 1.807) is 24.4 Å². The number of rotatable bonds is 8. The second-order valence-electron chi connectivity index (χ2n) is 11.0. The number of nitrogens with one attached hydrogen (secondary N) is 3. The van der Waals surface area contributed by atoms with E-state index in [2.05, 4.69) is 25.5 Å². The molecule has 13 heteroatoms. The van der Waals surface area contributed by atoms with E-state index in [9.17, 15) is 19.2 Å². The molecule has 2 aromatic carbocycles. The average molecular weight is 614 g/mol. The topological polar surface area (TPSA) is 150 Å². The molecule has 4 amide bonds. The van der Waals surface area contributed by atoms with E-state index < -0.39 is 29.7 Å². The van der Waals surface area contributed by atoms with E-state index in [1.165, 1.54) is 0 Å². The van der Waals surface area contributed by atoms with Crippen molar-refractivity contribution in [3.05, 3.63) is 71.0 Å². The highest BCUT2D eigenvalue weighted by atomic mass is 35.5. The van der Waals surface area contributed by atoms with Gasteiger partial charge >= 0.3 is 0 Å². The summed E-state index contributed by atoms with van der Waals surface area (Å²) in [7, 11) is 0. The number of benzene rings is 2. The maximum atomic E-state index is 13.3. The lowest BCUT2D eigenvalue weighted by Gasteiger charge is -2.27. The molecule has 0 aliphatic carbocycles. The van der Waals surface area contributed by atoms with Gasteiger partial charge in [-0.1, -0.05) is 35.9 Å². The first-order chi connectivity index (χ1) is 21.4. The fraction of sp³-hybridized carbons (Fsp3) is 0.290. The van der Waals surface area contributed by atoms with Crippen LogP contribution in [0.15, 0.2) is 54.9 Å². The van der Waals surface area contributed by atoms with Crippen LogP contribution in [-0.4, -0.2) is 86.7 Å². The number of ether oxygens (including phenoxy) is 1. The van der Waals surface area contributed by atoms with Crippen LogP contribution in [0.4, 0.5) is 5.95 Å². The quantitative estimate of drug-likeness (QED) is 0.255. The molecule has 3 aliphatic rings. The highest BCUT2D eigenvalue weighted by molar-refractivity contribution is 6.33. The molecule has 2 atom stereocenters. The summed E-state index contributed by atoms with van der Waals surface area (Å²) >= 11 is 6.49. The lowest BCUT2D eigenvalue weighted by Crippen LogP contribution is -2.54. The lowest BCUT2D eigenvalue weighted by atomic mass is 10.0. The second kappa shape index (κ2) is 11.4. The Morgan fingerprint density at radius 3 is 2.75 bits per heavy atom. The molecule has 224 valence electrons. The minimum absolute atomic E-state index is 0.0637. The Labute approximate surface area is 256 Å². The molecule has 44 heavy (non-hydrogen) atoms. The number of nitrogens with zero attached hydrogens (tertiary/aromatic N) is 4. The zero-order valence-electron chi connectivity index (χ0n) is 23.5. The Morgan fingerprint density at radius 1 is 1.02 bits per heavy atom. The van der Waals surface area contributed by atoms with Crippen molar-refractivity contribution in [2.24, 2.45) is 0 Å². The van der Waals surface area contributed by atoms with Crippen LogP contribution in [0.2, 0.25) is 5.02 Å². The third-order valence-corrected chi connectivity index (χ3v) is 8.57. The summed E-state index contributed by atoms with van der Waals surface area (Å²) in [6.45, 7) is 2.47. The minimum atomic E-state index is -1.02. The summed E-state index contributed by atoms with van der Waals surface area (Å²) in [4.78, 5) is 65.9. The number of amides is 4. The largest absolute Gasteiger partial charge is 0.491 e. The van der Waals surface area contributed by atoms with Crippen molar-refractivity contribution < 1.29 is 23.9 Å². The number of hydrogen-bond acceptors (Lipinski definition) is 9. The zero-order valence-corrected chi connectivity index (χ0v) is 24.3. The number of para-hydroxylation sites is 1. The number of aromatic amines is 1. The number of halogens is 1. The summed E-state index contributed by atoms with van der Waals surface area (Å²) in [6.07, 6.45) is 4.55. The van der Waals surface area contributed by atoms with Crippen LogP contribution < -0.4 is 15.4 Å². The number of piperidine rings is 1. The SMILES string of the molecule is O=C1CCC(N2C(=O)c3cccc(OCCN4CC[C@@H](Nc5ncc(Cl)c(-c6c[nH]c7ccccc67)n5)C4)c3C2=O)C(=O)N1. The molecule has 5 heterocycles. The van der Waals surface area contributed by atoms with Gasteiger partial charge in [-0.2, -0.15) is 0 Å². The van der Waals surface area contributed by atoms with Gasteiger partial charge in [0.25, 0.3) is 11.8 Å². The van der Waals surface area contributed by atoms with Crippen molar-refractivity contribution in [1.82, 2.24) is 30.1 Å². The highest BCUT2D eigenvalue weighted by Gasteiger charge is 2.46. The molecule has 0 radical (unpaired) electrons. The molecule has 3 N–H and O–H groups in total. The molecule has 0 spiro atoms. The number of imide groups is 2. The number of fused-ring (bicyclic) bond motifs is 2. The minimum Gasteiger partial charge on any atom is -0.491 e. The van der Waals surface area contributed by atoms with E-state index >= 15 is 0 Å². The van der Waals surface area contributed by atoms with Crippen LogP contribution >= 0.6 is 11.6 Å². The summed E-state index contributed by atoms with van der Waals surface area (Å²) in [5.74, 6) is -1.41. The Hall–Kier alpha value is -4.81. The number of H-pyrrole nitrogens is 1. The van der Waals surface area contributed by atoms with Crippen LogP contribution in [0.25, 0.3) is 22.2 Å². The molecule has 0 bridgehead atoms. The zero-order chi connectivity index (χ0) is 30.4. The van der Waals surface area contributed by atoms with Gasteiger partial charge in [0.2, 0.25) is 17.8 Å². The predicted octanol–water partition coefficient (Wildman–Crippen LogP) is 3.24. The van der Waals surface area contributed by atoms with Gasteiger partial charge in [0.1, 0.15) is 18.4 Å². The standard InChI is InChI=1S/C31H28ClN7O5/c32-21-15-34-31(37-27(21)20-14-33-22-6-2-1-4-18(20)22)35-17-10-11-38(16-17)12-13-44-24-7-3-5-19-26(24)30(43)39(29(19)42)23-8-9-25(40)36-28(23)41/h1-7,14-15,17,23,33H,8-13,16H2,(H,34,35,37)(H,36,40,41)/t17-,23?/m1/s1. The number of hydrogen-bond donors (Lipinski definition) is 3. The molecule has 4 aromatic rings. The van der Waals surface area contributed by atoms with E-state index in [-0.39, 0.29) is 30.0 Å². The first kappa shape index (κ1) is 28.0. The Balaban J connectivity index is 0.967. The Morgan fingerprint density at radius 2 is 1.89 bits per heavy atom. The summed E-state index contributed by atoms with van der Waals surface area (Å²) in [6, 6.07) is 11.9. The maximum Gasteiger partial charge on any atom is 0.266 e. The van der Waals surface area contributed by atoms with Gasteiger partial charge < -0.3 is 15.0 Å². The molecule has 2 aromatic heterocycles. The van der Waals surface area contributed by atoms with Crippen molar-refractivity contribution in [1.29, 1.82) is 0 Å². The van der Waals surface area contributed by atoms with Gasteiger partial charge in [-0.15, -0.1) is 0 Å². The normalized spacial score (nSPS) is 20.3. The molecule has 3 aliphatic heterocycles. The fourth-order valence-corrected chi connectivity index (χ4v) is 6.31. The Kier molecular flexibility index (Phi) is 7.23. The molecular formula is C31H28ClN7O5. The van der Waals surface area contributed by atoms with Crippen molar-refractivity contribution in [2.75, 3.05) is 31.6 Å². The smallest absolute Gasteiger partial charge is 0.266 e. The van der Waals surface area contributed by atoms with Crippen LogP contribution in [0.1, 0.15) is 40.0 Å². The van der Waals surface area contributed by atoms with Crippen LogP contribution in [0.5, 0.6) is 5.75 Å².